The van der Waals surface area contributed by atoms with E-state index in [2.05, 4.69) is 6.58 Å². The molecule has 1 amide bonds. The van der Waals surface area contributed by atoms with Crippen molar-refractivity contribution in [3.63, 3.8) is 0 Å². The summed E-state index contributed by atoms with van der Waals surface area (Å²) in [6, 6.07) is 5.34. The topological polar surface area (TPSA) is 48.0 Å². The van der Waals surface area contributed by atoms with E-state index >= 15 is 0 Å². The van der Waals surface area contributed by atoms with E-state index in [1.165, 1.54) is 0 Å². The van der Waals surface area contributed by atoms with Crippen molar-refractivity contribution in [2.45, 2.75) is 0 Å². The highest BCUT2D eigenvalue weighted by molar-refractivity contribution is 6.18. The van der Waals surface area contributed by atoms with Crippen LogP contribution in [0.4, 0.5) is 0 Å². The number of hydrogen-bond acceptors (Lipinski definition) is 4. The number of ether oxygens (including phenoxy) is 3. The van der Waals surface area contributed by atoms with Gasteiger partial charge in [0.15, 0.2) is 11.5 Å². The Morgan fingerprint density at radius 1 is 1.20 bits per heavy atom. The molecular weight excluding hydrogens is 258 g/mol. The number of amides is 1. The molecule has 0 atom stereocenters. The quantitative estimate of drug-likeness (QED) is 0.784. The van der Waals surface area contributed by atoms with Crippen LogP contribution in [-0.4, -0.2) is 51.3 Å². The van der Waals surface area contributed by atoms with Crippen LogP contribution in [0.3, 0.4) is 0 Å². The number of methoxy groups -OCH3 is 2. The van der Waals surface area contributed by atoms with Crippen LogP contribution in [0.2, 0.25) is 0 Å². The Balaban J connectivity index is 2.17. The van der Waals surface area contributed by atoms with Gasteiger partial charge in [-0.2, -0.15) is 0 Å². The molecule has 1 aliphatic heterocycles. The maximum Gasteiger partial charge on any atom is 0.254 e. The fraction of sp³-hybridized carbons (Fsp3) is 0.400. The maximum atomic E-state index is 12.4. The number of rotatable bonds is 4. The van der Waals surface area contributed by atoms with E-state index < -0.39 is 0 Å². The lowest BCUT2D eigenvalue weighted by molar-refractivity contribution is -0.128. The largest absolute Gasteiger partial charge is 0.493 e. The predicted octanol–water partition coefficient (Wildman–Crippen LogP) is 1.58. The minimum atomic E-state index is -0.0690. The molecule has 1 aliphatic rings. The zero-order chi connectivity index (χ0) is 14.5. The van der Waals surface area contributed by atoms with E-state index in [0.717, 1.165) is 5.56 Å². The minimum Gasteiger partial charge on any atom is -0.493 e. The smallest absolute Gasteiger partial charge is 0.254 e. The average Bonchev–Trinajstić information content (AvgIpc) is 2.53. The third-order valence-electron chi connectivity index (χ3n) is 3.29. The highest BCUT2D eigenvalue weighted by atomic mass is 16.5. The molecule has 0 spiro atoms. The minimum absolute atomic E-state index is 0.0690. The van der Waals surface area contributed by atoms with Gasteiger partial charge in [-0.05, 0) is 17.7 Å². The lowest BCUT2D eigenvalue weighted by Crippen LogP contribution is -2.40. The van der Waals surface area contributed by atoms with Crippen LogP contribution in [0.15, 0.2) is 24.8 Å². The van der Waals surface area contributed by atoms with Gasteiger partial charge in [0.2, 0.25) is 0 Å². The third-order valence-corrected chi connectivity index (χ3v) is 3.29. The van der Waals surface area contributed by atoms with E-state index in [1.807, 2.05) is 6.07 Å². The molecule has 0 bridgehead atoms. The number of nitrogens with zero attached hydrogens (tertiary/aromatic N) is 1. The van der Waals surface area contributed by atoms with Gasteiger partial charge >= 0.3 is 0 Å². The normalized spacial score (nSPS) is 14.8. The summed E-state index contributed by atoms with van der Waals surface area (Å²) in [5.74, 6) is 1.14. The summed E-state index contributed by atoms with van der Waals surface area (Å²) in [6.45, 7) is 6.26. The molecule has 1 aromatic rings. The molecule has 2 rings (SSSR count). The summed E-state index contributed by atoms with van der Waals surface area (Å²) in [5.41, 5.74) is 1.19. The first kappa shape index (κ1) is 14.4. The van der Waals surface area contributed by atoms with Crippen LogP contribution < -0.4 is 9.47 Å². The SMILES string of the molecule is C=C(C(=O)N1CCOCC1)c1ccc(OC)c(OC)c1. The van der Waals surface area contributed by atoms with E-state index in [-0.39, 0.29) is 5.91 Å². The van der Waals surface area contributed by atoms with Gasteiger partial charge in [-0.3, -0.25) is 4.79 Å². The van der Waals surface area contributed by atoms with Crippen molar-refractivity contribution in [3.8, 4) is 11.5 Å². The molecule has 0 unspecified atom stereocenters. The summed E-state index contributed by atoms with van der Waals surface area (Å²) in [5, 5.41) is 0. The predicted molar refractivity (Wildman–Crippen MR) is 76.0 cm³/mol. The van der Waals surface area contributed by atoms with Crippen molar-refractivity contribution in [2.24, 2.45) is 0 Å². The summed E-state index contributed by atoms with van der Waals surface area (Å²) >= 11 is 0. The fourth-order valence-electron chi connectivity index (χ4n) is 2.10. The average molecular weight is 277 g/mol. The number of carbonyl (C=O) groups is 1. The molecule has 1 aromatic carbocycles. The Labute approximate surface area is 118 Å². The first-order valence-corrected chi connectivity index (χ1v) is 6.45. The lowest BCUT2D eigenvalue weighted by Gasteiger charge is -2.27. The van der Waals surface area contributed by atoms with Gasteiger partial charge in [-0.1, -0.05) is 12.6 Å². The van der Waals surface area contributed by atoms with Gasteiger partial charge in [0.25, 0.3) is 5.91 Å². The monoisotopic (exact) mass is 277 g/mol. The van der Waals surface area contributed by atoms with E-state index in [1.54, 1.807) is 31.3 Å². The standard InChI is InChI=1S/C15H19NO4/c1-11(15(17)16-6-8-20-9-7-16)12-4-5-13(18-2)14(10-12)19-3/h4-5,10H,1,6-9H2,2-3H3. The molecule has 0 saturated carbocycles. The highest BCUT2D eigenvalue weighted by Gasteiger charge is 2.21. The number of morpholine rings is 1. The summed E-state index contributed by atoms with van der Waals surface area (Å²) in [7, 11) is 3.14. The Morgan fingerprint density at radius 2 is 1.85 bits per heavy atom. The number of benzene rings is 1. The summed E-state index contributed by atoms with van der Waals surface area (Å²) in [6.07, 6.45) is 0. The lowest BCUT2D eigenvalue weighted by atomic mass is 10.1. The van der Waals surface area contributed by atoms with Crippen LogP contribution in [0.1, 0.15) is 5.56 Å². The van der Waals surface area contributed by atoms with E-state index in [0.29, 0.717) is 43.4 Å². The van der Waals surface area contributed by atoms with Gasteiger partial charge in [0.05, 0.1) is 27.4 Å². The van der Waals surface area contributed by atoms with Crippen LogP contribution in [0.5, 0.6) is 11.5 Å². The van der Waals surface area contributed by atoms with Gasteiger partial charge in [0.1, 0.15) is 0 Å². The van der Waals surface area contributed by atoms with Crippen LogP contribution in [0.25, 0.3) is 5.57 Å². The molecule has 1 saturated heterocycles. The summed E-state index contributed by atoms with van der Waals surface area (Å²) < 4.78 is 15.7. The zero-order valence-corrected chi connectivity index (χ0v) is 11.8. The van der Waals surface area contributed by atoms with Crippen LogP contribution in [0, 0.1) is 0 Å². The van der Waals surface area contributed by atoms with Crippen LogP contribution in [-0.2, 0) is 9.53 Å². The molecule has 0 aliphatic carbocycles. The second-order valence-corrected chi connectivity index (χ2v) is 4.45. The van der Waals surface area contributed by atoms with Gasteiger partial charge in [-0.15, -0.1) is 0 Å². The first-order valence-electron chi connectivity index (χ1n) is 6.45. The van der Waals surface area contributed by atoms with Crippen molar-refractivity contribution in [3.05, 3.63) is 30.3 Å². The van der Waals surface area contributed by atoms with Crippen LogP contribution >= 0.6 is 0 Å². The van der Waals surface area contributed by atoms with Gasteiger partial charge in [-0.25, -0.2) is 0 Å². The molecule has 0 radical (unpaired) electrons. The molecule has 0 aromatic heterocycles. The highest BCUT2D eigenvalue weighted by Crippen LogP contribution is 2.30. The second kappa shape index (κ2) is 6.43. The van der Waals surface area contributed by atoms with Crippen molar-refractivity contribution in [2.75, 3.05) is 40.5 Å². The first-order chi connectivity index (χ1) is 9.67. The molecular formula is C15H19NO4. The number of carbonyl (C=O) groups excluding carboxylic acids is 1. The molecule has 5 nitrogen and oxygen atoms in total. The molecule has 1 fully saturated rings. The van der Waals surface area contributed by atoms with E-state index in [9.17, 15) is 4.79 Å². The van der Waals surface area contributed by atoms with E-state index in [4.69, 9.17) is 14.2 Å². The summed E-state index contributed by atoms with van der Waals surface area (Å²) in [4.78, 5) is 14.1. The fourth-order valence-corrected chi connectivity index (χ4v) is 2.10. The Hall–Kier alpha value is -2.01. The Morgan fingerprint density at radius 3 is 2.45 bits per heavy atom. The maximum absolute atomic E-state index is 12.4. The molecule has 20 heavy (non-hydrogen) atoms. The molecule has 5 heteroatoms. The van der Waals surface area contributed by atoms with Crippen molar-refractivity contribution in [1.29, 1.82) is 0 Å². The Kier molecular flexibility index (Phi) is 4.63. The second-order valence-electron chi connectivity index (χ2n) is 4.45. The van der Waals surface area contributed by atoms with Crippen molar-refractivity contribution >= 4 is 11.5 Å². The van der Waals surface area contributed by atoms with Crippen molar-refractivity contribution in [1.82, 2.24) is 4.90 Å². The Bertz CT molecular complexity index is 507. The van der Waals surface area contributed by atoms with Gasteiger partial charge < -0.3 is 19.1 Å². The van der Waals surface area contributed by atoms with Crippen molar-refractivity contribution < 1.29 is 19.0 Å². The molecule has 1 heterocycles. The third kappa shape index (κ3) is 2.93. The zero-order valence-electron chi connectivity index (χ0n) is 11.8. The number of hydrogen-bond donors (Lipinski definition) is 0. The van der Waals surface area contributed by atoms with Gasteiger partial charge in [0, 0.05) is 18.7 Å². The molecule has 108 valence electrons. The molecule has 0 N–H and O–H groups in total.